The molecule has 134 valence electrons. The molecule has 1 fully saturated rings. The summed E-state index contributed by atoms with van der Waals surface area (Å²) >= 11 is 0. The number of ether oxygens (including phenoxy) is 2. The SMILES string of the molecule is C=C1C(=O)c2c(OCc3ccccc3)c(=O)ccn2C[C@H]2OC[C@H](C)C12. The van der Waals surface area contributed by atoms with Gasteiger partial charge in [-0.3, -0.25) is 9.59 Å². The van der Waals surface area contributed by atoms with Crippen molar-refractivity contribution in [3.63, 3.8) is 0 Å². The van der Waals surface area contributed by atoms with Crippen LogP contribution >= 0.6 is 0 Å². The Morgan fingerprint density at radius 1 is 1.23 bits per heavy atom. The monoisotopic (exact) mass is 351 g/mol. The van der Waals surface area contributed by atoms with Gasteiger partial charge in [-0.25, -0.2) is 0 Å². The maximum absolute atomic E-state index is 13.1. The highest BCUT2D eigenvalue weighted by Gasteiger charge is 2.42. The average molecular weight is 351 g/mol. The van der Waals surface area contributed by atoms with Crippen molar-refractivity contribution in [2.75, 3.05) is 6.61 Å². The van der Waals surface area contributed by atoms with Gasteiger partial charge in [0, 0.05) is 30.3 Å². The zero-order valence-corrected chi connectivity index (χ0v) is 14.7. The topological polar surface area (TPSA) is 57.5 Å². The molecule has 5 nitrogen and oxygen atoms in total. The number of carbonyl (C=O) groups is 1. The van der Waals surface area contributed by atoms with Crippen LogP contribution < -0.4 is 10.2 Å². The van der Waals surface area contributed by atoms with Crippen LogP contribution in [-0.2, 0) is 17.9 Å². The number of fused-ring (bicyclic) bond motifs is 2. The van der Waals surface area contributed by atoms with Gasteiger partial charge in [0.05, 0.1) is 12.7 Å². The van der Waals surface area contributed by atoms with Gasteiger partial charge in [-0.05, 0) is 11.5 Å². The largest absolute Gasteiger partial charge is 0.483 e. The first kappa shape index (κ1) is 16.8. The van der Waals surface area contributed by atoms with Crippen LogP contribution in [0.4, 0.5) is 0 Å². The number of aromatic nitrogens is 1. The number of pyridine rings is 1. The predicted molar refractivity (Wildman–Crippen MR) is 97.3 cm³/mol. The fourth-order valence-corrected chi connectivity index (χ4v) is 3.89. The molecule has 0 amide bonds. The lowest BCUT2D eigenvalue weighted by atomic mass is 9.84. The Balaban J connectivity index is 1.73. The van der Waals surface area contributed by atoms with Crippen molar-refractivity contribution in [3.05, 3.63) is 76.2 Å². The number of carbonyl (C=O) groups excluding carboxylic acids is 1. The molecule has 0 saturated carbocycles. The van der Waals surface area contributed by atoms with E-state index in [-0.39, 0.29) is 47.2 Å². The number of benzene rings is 1. The molecule has 3 atom stereocenters. The summed E-state index contributed by atoms with van der Waals surface area (Å²) in [6.45, 7) is 7.46. The summed E-state index contributed by atoms with van der Waals surface area (Å²) in [7, 11) is 0. The summed E-state index contributed by atoms with van der Waals surface area (Å²) in [5.41, 5.74) is 1.42. The third kappa shape index (κ3) is 2.78. The predicted octanol–water partition coefficient (Wildman–Crippen LogP) is 2.83. The summed E-state index contributed by atoms with van der Waals surface area (Å²) in [5.74, 6) is 0.0667. The van der Waals surface area contributed by atoms with Crippen molar-refractivity contribution in [2.45, 2.75) is 26.2 Å². The minimum Gasteiger partial charge on any atom is -0.483 e. The zero-order valence-electron chi connectivity index (χ0n) is 14.7. The number of hydrogen-bond acceptors (Lipinski definition) is 4. The van der Waals surface area contributed by atoms with Gasteiger partial charge in [0.2, 0.25) is 11.2 Å². The minimum atomic E-state index is -0.297. The van der Waals surface area contributed by atoms with Crippen molar-refractivity contribution in [2.24, 2.45) is 11.8 Å². The second kappa shape index (κ2) is 6.57. The number of rotatable bonds is 3. The second-order valence-electron chi connectivity index (χ2n) is 7.01. The molecule has 1 aromatic heterocycles. The summed E-state index contributed by atoms with van der Waals surface area (Å²) in [4.78, 5) is 25.6. The Hall–Kier alpha value is -2.66. The Labute approximate surface area is 151 Å². The van der Waals surface area contributed by atoms with Crippen molar-refractivity contribution in [1.82, 2.24) is 4.57 Å². The van der Waals surface area contributed by atoms with Gasteiger partial charge in [0.1, 0.15) is 12.3 Å². The van der Waals surface area contributed by atoms with Gasteiger partial charge in [0.15, 0.2) is 5.75 Å². The molecule has 0 radical (unpaired) electrons. The fraction of sp³-hybridized carbons (Fsp3) is 0.333. The molecule has 0 aliphatic carbocycles. The Bertz CT molecular complexity index is 915. The summed E-state index contributed by atoms with van der Waals surface area (Å²) in [6.07, 6.45) is 1.54. The van der Waals surface area contributed by atoms with Crippen LogP contribution in [-0.4, -0.2) is 23.1 Å². The molecule has 5 heteroatoms. The van der Waals surface area contributed by atoms with Crippen LogP contribution in [0.2, 0.25) is 0 Å². The maximum atomic E-state index is 13.1. The minimum absolute atomic E-state index is 0.0283. The molecule has 0 spiro atoms. The highest BCUT2D eigenvalue weighted by molar-refractivity contribution is 6.09. The first-order chi connectivity index (χ1) is 12.6. The van der Waals surface area contributed by atoms with E-state index in [1.54, 1.807) is 10.8 Å². The highest BCUT2D eigenvalue weighted by Crippen LogP contribution is 2.38. The van der Waals surface area contributed by atoms with E-state index in [1.807, 2.05) is 30.3 Å². The van der Waals surface area contributed by atoms with E-state index in [0.717, 1.165) is 5.56 Å². The number of nitrogens with zero attached hydrogens (tertiary/aromatic N) is 1. The molecule has 1 aromatic carbocycles. The van der Waals surface area contributed by atoms with Crippen LogP contribution in [0.3, 0.4) is 0 Å². The third-order valence-electron chi connectivity index (χ3n) is 5.23. The molecule has 1 unspecified atom stereocenters. The van der Waals surface area contributed by atoms with E-state index in [1.165, 1.54) is 6.07 Å². The fourth-order valence-electron chi connectivity index (χ4n) is 3.89. The molecular weight excluding hydrogens is 330 g/mol. The van der Waals surface area contributed by atoms with Gasteiger partial charge in [-0.2, -0.15) is 0 Å². The Morgan fingerprint density at radius 3 is 2.77 bits per heavy atom. The number of hydrogen-bond donors (Lipinski definition) is 0. The van der Waals surface area contributed by atoms with E-state index in [2.05, 4.69) is 13.5 Å². The summed E-state index contributed by atoms with van der Waals surface area (Å²) in [6, 6.07) is 11.0. The van der Waals surface area contributed by atoms with E-state index in [9.17, 15) is 9.59 Å². The molecule has 26 heavy (non-hydrogen) atoms. The maximum Gasteiger partial charge on any atom is 0.224 e. The van der Waals surface area contributed by atoms with Crippen molar-refractivity contribution in [3.8, 4) is 5.75 Å². The lowest BCUT2D eigenvalue weighted by Crippen LogP contribution is -2.24. The van der Waals surface area contributed by atoms with Gasteiger partial charge in [-0.15, -0.1) is 0 Å². The molecule has 0 bridgehead atoms. The van der Waals surface area contributed by atoms with E-state index in [4.69, 9.17) is 9.47 Å². The molecule has 3 heterocycles. The van der Waals surface area contributed by atoms with Crippen molar-refractivity contribution >= 4 is 5.78 Å². The summed E-state index contributed by atoms with van der Waals surface area (Å²) < 4.78 is 13.5. The Morgan fingerprint density at radius 2 is 2.00 bits per heavy atom. The van der Waals surface area contributed by atoms with Crippen LogP contribution in [0, 0.1) is 11.8 Å². The average Bonchev–Trinajstić information content (AvgIpc) is 2.96. The third-order valence-corrected chi connectivity index (χ3v) is 5.23. The van der Waals surface area contributed by atoms with Crippen molar-refractivity contribution < 1.29 is 14.3 Å². The smallest absolute Gasteiger partial charge is 0.224 e. The molecule has 1 saturated heterocycles. The second-order valence-corrected chi connectivity index (χ2v) is 7.01. The van der Waals surface area contributed by atoms with Gasteiger partial charge in [-0.1, -0.05) is 43.8 Å². The van der Waals surface area contributed by atoms with Crippen LogP contribution in [0.25, 0.3) is 0 Å². The number of ketones is 1. The van der Waals surface area contributed by atoms with Crippen LogP contribution in [0.15, 0.2) is 59.5 Å². The van der Waals surface area contributed by atoms with E-state index in [0.29, 0.717) is 18.7 Å². The van der Waals surface area contributed by atoms with Gasteiger partial charge >= 0.3 is 0 Å². The van der Waals surface area contributed by atoms with E-state index >= 15 is 0 Å². The van der Waals surface area contributed by atoms with E-state index < -0.39 is 0 Å². The molecule has 2 aliphatic rings. The first-order valence-corrected chi connectivity index (χ1v) is 8.81. The zero-order chi connectivity index (χ0) is 18.3. The van der Waals surface area contributed by atoms with Crippen LogP contribution in [0.5, 0.6) is 5.75 Å². The Kier molecular flexibility index (Phi) is 4.24. The quantitative estimate of drug-likeness (QED) is 0.798. The normalized spacial score (nSPS) is 24.7. The van der Waals surface area contributed by atoms with Gasteiger partial charge in [0.25, 0.3) is 0 Å². The molecule has 0 N–H and O–H groups in total. The lowest BCUT2D eigenvalue weighted by molar-refractivity contribution is 0.0829. The number of Topliss-reactive ketones (excluding diaryl/α,β-unsaturated/α-hetero) is 1. The van der Waals surface area contributed by atoms with Crippen LogP contribution in [0.1, 0.15) is 23.0 Å². The first-order valence-electron chi connectivity index (χ1n) is 8.81. The molecule has 2 aromatic rings. The molecular formula is C21H21NO4. The molecule has 2 aliphatic heterocycles. The lowest BCUT2D eigenvalue weighted by Gasteiger charge is -2.18. The highest BCUT2D eigenvalue weighted by atomic mass is 16.5. The van der Waals surface area contributed by atoms with Crippen molar-refractivity contribution in [1.29, 1.82) is 0 Å². The molecule has 4 rings (SSSR count). The standard InChI is InChI=1S/C21H21NO4/c1-13-11-25-17-10-22-9-8-16(23)21(19(22)20(24)14(2)18(13)17)26-12-15-6-4-3-5-7-15/h3-9,13,17-18H,2,10-12H2,1H3/t13-,17+,18?/m0/s1. The summed E-state index contributed by atoms with van der Waals surface area (Å²) in [5, 5.41) is 0. The van der Waals surface area contributed by atoms with Gasteiger partial charge < -0.3 is 14.0 Å².